The van der Waals surface area contributed by atoms with Crippen molar-refractivity contribution in [2.45, 2.75) is 46.1 Å². The SMILES string of the molecule is Cc1cccc(C)c1CNCC1COC(C)(C)O1. The maximum Gasteiger partial charge on any atom is 0.163 e. The zero-order valence-corrected chi connectivity index (χ0v) is 11.7. The first-order chi connectivity index (χ1) is 8.48. The zero-order valence-electron chi connectivity index (χ0n) is 11.7. The summed E-state index contributed by atoms with van der Waals surface area (Å²) in [6, 6.07) is 6.41. The molecule has 1 saturated heterocycles. The molecular weight excluding hydrogens is 226 g/mol. The van der Waals surface area contributed by atoms with E-state index < -0.39 is 5.79 Å². The minimum absolute atomic E-state index is 0.157. The van der Waals surface area contributed by atoms with E-state index >= 15 is 0 Å². The normalized spacial score (nSPS) is 22.3. The lowest BCUT2D eigenvalue weighted by Crippen LogP contribution is -2.30. The average Bonchev–Trinajstić information content (AvgIpc) is 2.63. The monoisotopic (exact) mass is 249 g/mol. The van der Waals surface area contributed by atoms with Crippen molar-refractivity contribution in [1.82, 2.24) is 5.32 Å². The van der Waals surface area contributed by atoms with Crippen LogP contribution in [0.5, 0.6) is 0 Å². The van der Waals surface area contributed by atoms with Gasteiger partial charge in [0.25, 0.3) is 0 Å². The van der Waals surface area contributed by atoms with Gasteiger partial charge in [-0.05, 0) is 44.4 Å². The maximum atomic E-state index is 5.76. The first-order valence-electron chi connectivity index (χ1n) is 6.55. The van der Waals surface area contributed by atoms with Gasteiger partial charge in [-0.15, -0.1) is 0 Å². The molecule has 100 valence electrons. The first kappa shape index (κ1) is 13.5. The van der Waals surface area contributed by atoms with Crippen molar-refractivity contribution in [2.75, 3.05) is 13.2 Å². The van der Waals surface area contributed by atoms with Crippen molar-refractivity contribution in [2.24, 2.45) is 0 Å². The van der Waals surface area contributed by atoms with Gasteiger partial charge in [0.2, 0.25) is 0 Å². The minimum atomic E-state index is -0.426. The standard InChI is InChI=1S/C15H23NO2/c1-11-6-5-7-12(2)14(11)9-16-8-13-10-17-15(3,4)18-13/h5-7,13,16H,8-10H2,1-4H3. The summed E-state index contributed by atoms with van der Waals surface area (Å²) in [5.41, 5.74) is 4.06. The van der Waals surface area contributed by atoms with Crippen LogP contribution in [0.3, 0.4) is 0 Å². The lowest BCUT2D eigenvalue weighted by molar-refractivity contribution is -0.137. The van der Waals surface area contributed by atoms with Gasteiger partial charge >= 0.3 is 0 Å². The van der Waals surface area contributed by atoms with Gasteiger partial charge in [0, 0.05) is 13.1 Å². The second-order valence-electron chi connectivity index (χ2n) is 5.45. The van der Waals surface area contributed by atoms with Crippen LogP contribution in [0.2, 0.25) is 0 Å². The highest BCUT2D eigenvalue weighted by atomic mass is 16.7. The Balaban J connectivity index is 1.83. The van der Waals surface area contributed by atoms with E-state index in [2.05, 4.69) is 37.4 Å². The fourth-order valence-electron chi connectivity index (χ4n) is 2.35. The number of hydrogen-bond donors (Lipinski definition) is 1. The Hall–Kier alpha value is -0.900. The van der Waals surface area contributed by atoms with E-state index in [0.29, 0.717) is 6.61 Å². The summed E-state index contributed by atoms with van der Waals surface area (Å²) in [4.78, 5) is 0. The lowest BCUT2D eigenvalue weighted by Gasteiger charge is -2.17. The fraction of sp³-hybridized carbons (Fsp3) is 0.600. The van der Waals surface area contributed by atoms with Gasteiger partial charge in [-0.25, -0.2) is 0 Å². The molecular formula is C15H23NO2. The van der Waals surface area contributed by atoms with Crippen LogP contribution in [0.4, 0.5) is 0 Å². The molecule has 0 aliphatic carbocycles. The Morgan fingerprint density at radius 3 is 2.50 bits per heavy atom. The molecule has 1 fully saturated rings. The fourth-order valence-corrected chi connectivity index (χ4v) is 2.35. The molecule has 1 aliphatic rings. The van der Waals surface area contributed by atoms with E-state index in [1.165, 1.54) is 16.7 Å². The van der Waals surface area contributed by atoms with Crippen LogP contribution in [0, 0.1) is 13.8 Å². The summed E-state index contributed by atoms with van der Waals surface area (Å²) >= 11 is 0. The Kier molecular flexibility index (Phi) is 4.05. The third-order valence-electron chi connectivity index (χ3n) is 3.39. The van der Waals surface area contributed by atoms with Gasteiger partial charge in [0.15, 0.2) is 5.79 Å². The van der Waals surface area contributed by atoms with Crippen LogP contribution in [-0.2, 0) is 16.0 Å². The van der Waals surface area contributed by atoms with E-state index in [4.69, 9.17) is 9.47 Å². The van der Waals surface area contributed by atoms with Crippen LogP contribution in [-0.4, -0.2) is 25.0 Å². The summed E-state index contributed by atoms with van der Waals surface area (Å²) < 4.78 is 11.3. The van der Waals surface area contributed by atoms with Crippen molar-refractivity contribution in [3.63, 3.8) is 0 Å². The first-order valence-corrected chi connectivity index (χ1v) is 6.55. The van der Waals surface area contributed by atoms with Crippen molar-refractivity contribution < 1.29 is 9.47 Å². The van der Waals surface area contributed by atoms with Crippen molar-refractivity contribution in [3.8, 4) is 0 Å². The largest absolute Gasteiger partial charge is 0.348 e. The van der Waals surface area contributed by atoms with E-state index in [-0.39, 0.29) is 6.10 Å². The Morgan fingerprint density at radius 2 is 1.94 bits per heavy atom. The molecule has 0 aromatic heterocycles. The van der Waals surface area contributed by atoms with Gasteiger partial charge in [-0.3, -0.25) is 0 Å². The van der Waals surface area contributed by atoms with Crippen LogP contribution in [0.25, 0.3) is 0 Å². The van der Waals surface area contributed by atoms with Crippen LogP contribution >= 0.6 is 0 Å². The second kappa shape index (κ2) is 5.39. The van der Waals surface area contributed by atoms with E-state index in [1.807, 2.05) is 13.8 Å². The average molecular weight is 249 g/mol. The molecule has 1 aromatic carbocycles. The molecule has 3 heteroatoms. The van der Waals surface area contributed by atoms with Crippen LogP contribution in [0.15, 0.2) is 18.2 Å². The zero-order chi connectivity index (χ0) is 13.2. The van der Waals surface area contributed by atoms with Crippen LogP contribution in [0.1, 0.15) is 30.5 Å². The van der Waals surface area contributed by atoms with Crippen molar-refractivity contribution in [3.05, 3.63) is 34.9 Å². The number of ether oxygens (including phenoxy) is 2. The highest BCUT2D eigenvalue weighted by Crippen LogP contribution is 2.21. The Labute approximate surface area is 109 Å². The molecule has 0 radical (unpaired) electrons. The van der Waals surface area contributed by atoms with Gasteiger partial charge in [0.05, 0.1) is 12.7 Å². The molecule has 0 saturated carbocycles. The van der Waals surface area contributed by atoms with Gasteiger partial charge in [-0.2, -0.15) is 0 Å². The van der Waals surface area contributed by atoms with Gasteiger partial charge in [0.1, 0.15) is 0 Å². The summed E-state index contributed by atoms with van der Waals surface area (Å²) in [5.74, 6) is -0.426. The number of benzene rings is 1. The van der Waals surface area contributed by atoms with E-state index in [1.54, 1.807) is 0 Å². The lowest BCUT2D eigenvalue weighted by atomic mass is 10.0. The molecule has 3 nitrogen and oxygen atoms in total. The van der Waals surface area contributed by atoms with Gasteiger partial charge < -0.3 is 14.8 Å². The molecule has 1 atom stereocenters. The molecule has 1 heterocycles. The molecule has 0 bridgehead atoms. The summed E-state index contributed by atoms with van der Waals surface area (Å²) in [7, 11) is 0. The quantitative estimate of drug-likeness (QED) is 0.889. The summed E-state index contributed by atoms with van der Waals surface area (Å²) in [5, 5.41) is 3.46. The summed E-state index contributed by atoms with van der Waals surface area (Å²) in [6.45, 7) is 10.6. The third-order valence-corrected chi connectivity index (χ3v) is 3.39. The van der Waals surface area contributed by atoms with Crippen molar-refractivity contribution in [1.29, 1.82) is 0 Å². The Bertz CT molecular complexity index is 395. The molecule has 1 unspecified atom stereocenters. The molecule has 0 spiro atoms. The van der Waals surface area contributed by atoms with E-state index in [9.17, 15) is 0 Å². The topological polar surface area (TPSA) is 30.5 Å². The molecule has 1 aliphatic heterocycles. The molecule has 2 rings (SSSR count). The van der Waals surface area contributed by atoms with Crippen LogP contribution < -0.4 is 5.32 Å². The molecule has 1 N–H and O–H groups in total. The van der Waals surface area contributed by atoms with Gasteiger partial charge in [-0.1, -0.05) is 18.2 Å². The highest BCUT2D eigenvalue weighted by Gasteiger charge is 2.32. The maximum absolute atomic E-state index is 5.76. The van der Waals surface area contributed by atoms with Crippen molar-refractivity contribution >= 4 is 0 Å². The third kappa shape index (κ3) is 3.31. The predicted octanol–water partition coefficient (Wildman–Crippen LogP) is 2.54. The highest BCUT2D eigenvalue weighted by molar-refractivity contribution is 5.33. The number of rotatable bonds is 4. The molecule has 0 amide bonds. The number of hydrogen-bond acceptors (Lipinski definition) is 3. The second-order valence-corrected chi connectivity index (χ2v) is 5.45. The molecule has 1 aromatic rings. The minimum Gasteiger partial charge on any atom is -0.348 e. The number of nitrogens with one attached hydrogen (secondary N) is 1. The summed E-state index contributed by atoms with van der Waals surface area (Å²) in [6.07, 6.45) is 0.157. The Morgan fingerprint density at radius 1 is 1.28 bits per heavy atom. The smallest absolute Gasteiger partial charge is 0.163 e. The molecule has 18 heavy (non-hydrogen) atoms. The van der Waals surface area contributed by atoms with E-state index in [0.717, 1.165) is 13.1 Å². The number of aryl methyl sites for hydroxylation is 2. The predicted molar refractivity (Wildman–Crippen MR) is 72.5 cm³/mol.